The summed E-state index contributed by atoms with van der Waals surface area (Å²) in [5, 5.41) is 0. The fourth-order valence-electron chi connectivity index (χ4n) is 1.60. The van der Waals surface area contributed by atoms with Crippen molar-refractivity contribution in [1.29, 1.82) is 0 Å². The Morgan fingerprint density at radius 3 is 2.88 bits per heavy atom. The third kappa shape index (κ3) is 3.64. The van der Waals surface area contributed by atoms with Crippen LogP contribution in [0.5, 0.6) is 0 Å². The zero-order valence-corrected chi connectivity index (χ0v) is 11.3. The van der Waals surface area contributed by atoms with Crippen LogP contribution in [0.4, 0.5) is 0 Å². The fraction of sp³-hybridized carbons (Fsp3) is 0.385. The first-order chi connectivity index (χ1) is 7.69. The summed E-state index contributed by atoms with van der Waals surface area (Å²) >= 11 is 3.55. The van der Waals surface area contributed by atoms with E-state index in [-0.39, 0.29) is 6.04 Å². The molecule has 3 N–H and O–H groups in total. The van der Waals surface area contributed by atoms with Crippen molar-refractivity contribution in [1.82, 2.24) is 5.43 Å². The predicted molar refractivity (Wildman–Crippen MR) is 71.6 cm³/mol. The van der Waals surface area contributed by atoms with Gasteiger partial charge in [0.15, 0.2) is 0 Å². The number of hydrazine groups is 1. The van der Waals surface area contributed by atoms with Crippen molar-refractivity contribution in [2.45, 2.75) is 32.7 Å². The van der Waals surface area contributed by atoms with Gasteiger partial charge in [-0.05, 0) is 31.9 Å². The van der Waals surface area contributed by atoms with E-state index in [0.717, 1.165) is 17.3 Å². The van der Waals surface area contributed by atoms with E-state index in [4.69, 9.17) is 5.84 Å². The molecule has 0 radical (unpaired) electrons. The maximum absolute atomic E-state index is 5.59. The summed E-state index contributed by atoms with van der Waals surface area (Å²) in [7, 11) is 0. The minimum absolute atomic E-state index is 0.148. The first kappa shape index (κ1) is 13.2. The van der Waals surface area contributed by atoms with Gasteiger partial charge in [0.2, 0.25) is 0 Å². The average molecular weight is 281 g/mol. The molecule has 1 atom stereocenters. The molecule has 0 heterocycles. The van der Waals surface area contributed by atoms with Gasteiger partial charge in [0.1, 0.15) is 0 Å². The summed E-state index contributed by atoms with van der Waals surface area (Å²) in [5.41, 5.74) is 5.28. The molecule has 0 aliphatic heterocycles. The summed E-state index contributed by atoms with van der Waals surface area (Å²) < 4.78 is 1.09. The Balaban J connectivity index is 2.84. The SMILES string of the molecule is CC#CCCC(NN)c1cc(C)ccc1Br. The molecule has 3 heteroatoms. The molecule has 1 aromatic rings. The molecule has 1 unspecified atom stereocenters. The Labute approximate surface area is 106 Å². The summed E-state index contributed by atoms with van der Waals surface area (Å²) in [6.45, 7) is 3.93. The second kappa shape index (κ2) is 6.70. The van der Waals surface area contributed by atoms with E-state index in [1.807, 2.05) is 6.92 Å². The normalized spacial score (nSPS) is 11.8. The van der Waals surface area contributed by atoms with Crippen molar-refractivity contribution in [2.75, 3.05) is 0 Å². The van der Waals surface area contributed by atoms with Gasteiger partial charge in [-0.15, -0.1) is 11.8 Å². The van der Waals surface area contributed by atoms with Crippen molar-refractivity contribution in [2.24, 2.45) is 5.84 Å². The zero-order chi connectivity index (χ0) is 12.0. The van der Waals surface area contributed by atoms with E-state index >= 15 is 0 Å². The minimum atomic E-state index is 0.148. The summed E-state index contributed by atoms with van der Waals surface area (Å²) in [4.78, 5) is 0. The van der Waals surface area contributed by atoms with E-state index in [0.29, 0.717) is 0 Å². The van der Waals surface area contributed by atoms with Gasteiger partial charge in [0.25, 0.3) is 0 Å². The van der Waals surface area contributed by atoms with Gasteiger partial charge < -0.3 is 0 Å². The van der Waals surface area contributed by atoms with Crippen LogP contribution in [0.25, 0.3) is 0 Å². The van der Waals surface area contributed by atoms with E-state index in [9.17, 15) is 0 Å². The number of halogens is 1. The van der Waals surface area contributed by atoms with Crippen molar-refractivity contribution in [3.63, 3.8) is 0 Å². The first-order valence-electron chi connectivity index (χ1n) is 5.30. The van der Waals surface area contributed by atoms with Gasteiger partial charge in [0, 0.05) is 16.9 Å². The lowest BCUT2D eigenvalue weighted by Crippen LogP contribution is -2.28. The lowest BCUT2D eigenvalue weighted by atomic mass is 10.0. The Kier molecular flexibility index (Phi) is 5.54. The average Bonchev–Trinajstić information content (AvgIpc) is 2.28. The van der Waals surface area contributed by atoms with Crippen LogP contribution < -0.4 is 11.3 Å². The first-order valence-corrected chi connectivity index (χ1v) is 6.10. The molecular formula is C13H17BrN2. The maximum atomic E-state index is 5.59. The summed E-state index contributed by atoms with van der Waals surface area (Å²) in [6, 6.07) is 6.43. The zero-order valence-electron chi connectivity index (χ0n) is 9.68. The number of rotatable bonds is 4. The van der Waals surface area contributed by atoms with Crippen LogP contribution >= 0.6 is 15.9 Å². The van der Waals surface area contributed by atoms with Crippen LogP contribution in [0.3, 0.4) is 0 Å². The number of benzene rings is 1. The summed E-state index contributed by atoms with van der Waals surface area (Å²) in [5.74, 6) is 11.5. The lowest BCUT2D eigenvalue weighted by Gasteiger charge is -2.17. The number of nitrogens with two attached hydrogens (primary N) is 1. The van der Waals surface area contributed by atoms with Crippen LogP contribution in [0.1, 0.15) is 36.9 Å². The molecule has 16 heavy (non-hydrogen) atoms. The predicted octanol–water partition coefficient (Wildman–Crippen LogP) is 3.07. The Morgan fingerprint density at radius 1 is 1.50 bits per heavy atom. The number of hydrogen-bond donors (Lipinski definition) is 2. The monoisotopic (exact) mass is 280 g/mol. The van der Waals surface area contributed by atoms with Crippen molar-refractivity contribution in [3.8, 4) is 11.8 Å². The van der Waals surface area contributed by atoms with Gasteiger partial charge in [-0.25, -0.2) is 0 Å². The highest BCUT2D eigenvalue weighted by Crippen LogP contribution is 2.26. The van der Waals surface area contributed by atoms with Crippen LogP contribution in [0.15, 0.2) is 22.7 Å². The van der Waals surface area contributed by atoms with Crippen molar-refractivity contribution in [3.05, 3.63) is 33.8 Å². The van der Waals surface area contributed by atoms with Crippen LogP contribution in [0.2, 0.25) is 0 Å². The molecule has 0 aliphatic carbocycles. The van der Waals surface area contributed by atoms with Gasteiger partial charge in [-0.3, -0.25) is 11.3 Å². The minimum Gasteiger partial charge on any atom is -0.271 e. The Bertz CT molecular complexity index is 404. The molecule has 0 bridgehead atoms. The molecule has 0 spiro atoms. The highest BCUT2D eigenvalue weighted by atomic mass is 79.9. The lowest BCUT2D eigenvalue weighted by molar-refractivity contribution is 0.522. The maximum Gasteiger partial charge on any atom is 0.0480 e. The second-order valence-corrected chi connectivity index (χ2v) is 4.56. The molecule has 1 aromatic carbocycles. The van der Waals surface area contributed by atoms with Gasteiger partial charge >= 0.3 is 0 Å². The molecular weight excluding hydrogens is 264 g/mol. The van der Waals surface area contributed by atoms with Gasteiger partial charge in [0.05, 0.1) is 0 Å². The Morgan fingerprint density at radius 2 is 2.25 bits per heavy atom. The highest BCUT2D eigenvalue weighted by Gasteiger charge is 2.12. The van der Waals surface area contributed by atoms with Gasteiger partial charge in [-0.2, -0.15) is 0 Å². The van der Waals surface area contributed by atoms with E-state index < -0.39 is 0 Å². The smallest absolute Gasteiger partial charge is 0.0480 e. The fourth-order valence-corrected chi connectivity index (χ4v) is 2.12. The highest BCUT2D eigenvalue weighted by molar-refractivity contribution is 9.10. The van der Waals surface area contributed by atoms with E-state index in [2.05, 4.69) is 58.3 Å². The molecule has 0 fully saturated rings. The standard InChI is InChI=1S/C13H17BrN2/c1-3-4-5-6-13(16-15)11-9-10(2)7-8-12(11)14/h7-9,13,16H,5-6,15H2,1-2H3. The molecule has 2 nitrogen and oxygen atoms in total. The van der Waals surface area contributed by atoms with Crippen LogP contribution in [0, 0.1) is 18.8 Å². The third-order valence-electron chi connectivity index (χ3n) is 2.46. The molecule has 0 amide bonds. The molecule has 1 rings (SSSR count). The van der Waals surface area contributed by atoms with Crippen LogP contribution in [-0.4, -0.2) is 0 Å². The molecule has 86 valence electrons. The van der Waals surface area contributed by atoms with Crippen molar-refractivity contribution < 1.29 is 0 Å². The molecule has 0 aliphatic rings. The quantitative estimate of drug-likeness (QED) is 0.505. The third-order valence-corrected chi connectivity index (χ3v) is 3.19. The van der Waals surface area contributed by atoms with Crippen LogP contribution in [-0.2, 0) is 0 Å². The summed E-state index contributed by atoms with van der Waals surface area (Å²) in [6.07, 6.45) is 1.77. The molecule has 0 saturated heterocycles. The van der Waals surface area contributed by atoms with Crippen molar-refractivity contribution >= 4 is 15.9 Å². The molecule has 0 saturated carbocycles. The van der Waals surface area contributed by atoms with E-state index in [1.165, 1.54) is 11.1 Å². The number of hydrogen-bond acceptors (Lipinski definition) is 2. The van der Waals surface area contributed by atoms with Gasteiger partial charge in [-0.1, -0.05) is 33.6 Å². The Hall–Kier alpha value is -0.820. The van der Waals surface area contributed by atoms with E-state index in [1.54, 1.807) is 0 Å². The number of nitrogens with one attached hydrogen (secondary N) is 1. The second-order valence-electron chi connectivity index (χ2n) is 3.71. The topological polar surface area (TPSA) is 38.0 Å². The number of aryl methyl sites for hydroxylation is 1. The molecule has 0 aromatic heterocycles. The largest absolute Gasteiger partial charge is 0.271 e.